The van der Waals surface area contributed by atoms with Crippen molar-refractivity contribution in [1.29, 1.82) is 0 Å². The first-order valence-electron chi connectivity index (χ1n) is 5.75. The van der Waals surface area contributed by atoms with Crippen LogP contribution in [-0.4, -0.2) is 22.6 Å². The quantitative estimate of drug-likeness (QED) is 0.845. The second-order valence-electron chi connectivity index (χ2n) is 4.30. The van der Waals surface area contributed by atoms with Crippen LogP contribution in [0.4, 0.5) is 0 Å². The van der Waals surface area contributed by atoms with Crippen molar-refractivity contribution >= 4 is 11.8 Å². The molecule has 2 rings (SSSR count). The molecule has 84 valence electrons. The molecule has 0 radical (unpaired) electrons. The normalized spacial score (nSPS) is 18.2. The average Bonchev–Trinajstić information content (AvgIpc) is 2.66. The van der Waals surface area contributed by atoms with E-state index in [-0.39, 0.29) is 0 Å². The van der Waals surface area contributed by atoms with Gasteiger partial charge in [0.05, 0.1) is 0 Å². The van der Waals surface area contributed by atoms with Crippen molar-refractivity contribution in [2.24, 2.45) is 13.0 Å². The predicted molar refractivity (Wildman–Crippen MR) is 67.2 cm³/mol. The summed E-state index contributed by atoms with van der Waals surface area (Å²) in [4.78, 5) is 0. The van der Waals surface area contributed by atoms with Crippen LogP contribution < -0.4 is 5.32 Å². The largest absolute Gasteiger partial charge is 0.353 e. The van der Waals surface area contributed by atoms with Gasteiger partial charge in [0.25, 0.3) is 0 Å². The zero-order valence-corrected chi connectivity index (χ0v) is 10.2. The van der Waals surface area contributed by atoms with E-state index >= 15 is 0 Å². The van der Waals surface area contributed by atoms with Crippen LogP contribution >= 0.6 is 11.8 Å². The van der Waals surface area contributed by atoms with Crippen LogP contribution in [0.1, 0.15) is 18.5 Å². The Balaban J connectivity index is 1.68. The fraction of sp³-hybridized carbons (Fsp3) is 0.667. The minimum atomic E-state index is 0.909. The molecule has 1 aliphatic rings. The molecule has 3 heteroatoms. The van der Waals surface area contributed by atoms with Gasteiger partial charge in [0, 0.05) is 25.5 Å². The summed E-state index contributed by atoms with van der Waals surface area (Å²) >= 11 is 2.10. The lowest BCUT2D eigenvalue weighted by Gasteiger charge is -2.21. The van der Waals surface area contributed by atoms with Crippen molar-refractivity contribution in [3.05, 3.63) is 24.0 Å². The number of nitrogens with one attached hydrogen (secondary N) is 1. The van der Waals surface area contributed by atoms with Gasteiger partial charge in [-0.25, -0.2) is 0 Å². The first kappa shape index (κ1) is 11.1. The van der Waals surface area contributed by atoms with E-state index in [4.69, 9.17) is 0 Å². The van der Waals surface area contributed by atoms with Crippen LogP contribution in [0.2, 0.25) is 0 Å². The zero-order chi connectivity index (χ0) is 10.5. The molecular weight excluding hydrogens is 204 g/mol. The molecule has 1 aromatic heterocycles. The van der Waals surface area contributed by atoms with Crippen molar-refractivity contribution in [2.75, 3.05) is 18.1 Å². The van der Waals surface area contributed by atoms with E-state index in [0.29, 0.717) is 0 Å². The van der Waals surface area contributed by atoms with Crippen molar-refractivity contribution in [3.8, 4) is 0 Å². The Kier molecular flexibility index (Phi) is 4.15. The van der Waals surface area contributed by atoms with Crippen LogP contribution in [-0.2, 0) is 13.6 Å². The van der Waals surface area contributed by atoms with Crippen LogP contribution in [0, 0.1) is 5.92 Å². The second kappa shape index (κ2) is 5.61. The fourth-order valence-corrected chi connectivity index (χ4v) is 3.24. The lowest BCUT2D eigenvalue weighted by atomic mass is 10.0. The molecule has 0 saturated carbocycles. The van der Waals surface area contributed by atoms with Gasteiger partial charge >= 0.3 is 0 Å². The van der Waals surface area contributed by atoms with E-state index in [1.165, 1.54) is 36.6 Å². The Bertz CT molecular complexity index is 290. The lowest BCUT2D eigenvalue weighted by molar-refractivity contribution is 0.444. The summed E-state index contributed by atoms with van der Waals surface area (Å²) in [5.74, 6) is 3.62. The summed E-state index contributed by atoms with van der Waals surface area (Å²) in [6.07, 6.45) is 4.89. The first-order chi connectivity index (χ1) is 7.36. The van der Waals surface area contributed by atoms with Crippen molar-refractivity contribution < 1.29 is 0 Å². The molecule has 0 bridgehead atoms. The Labute approximate surface area is 96.4 Å². The Morgan fingerprint density at radius 1 is 1.47 bits per heavy atom. The number of nitrogens with zero attached hydrogens (tertiary/aromatic N) is 1. The molecule has 1 saturated heterocycles. The number of thioether (sulfide) groups is 1. The van der Waals surface area contributed by atoms with Gasteiger partial charge in [-0.15, -0.1) is 0 Å². The van der Waals surface area contributed by atoms with Crippen molar-refractivity contribution in [2.45, 2.75) is 19.4 Å². The third-order valence-corrected chi connectivity index (χ3v) is 4.18. The molecule has 0 atom stereocenters. The van der Waals surface area contributed by atoms with E-state index in [9.17, 15) is 0 Å². The summed E-state index contributed by atoms with van der Waals surface area (Å²) in [5, 5.41) is 3.57. The number of rotatable bonds is 4. The smallest absolute Gasteiger partial charge is 0.0359 e. The summed E-state index contributed by atoms with van der Waals surface area (Å²) in [6.45, 7) is 2.19. The highest BCUT2D eigenvalue weighted by Crippen LogP contribution is 2.21. The summed E-state index contributed by atoms with van der Waals surface area (Å²) in [7, 11) is 2.11. The Hall–Kier alpha value is -0.410. The van der Waals surface area contributed by atoms with E-state index < -0.39 is 0 Å². The van der Waals surface area contributed by atoms with E-state index in [1.54, 1.807) is 0 Å². The second-order valence-corrected chi connectivity index (χ2v) is 5.52. The maximum absolute atomic E-state index is 3.57. The van der Waals surface area contributed by atoms with Crippen molar-refractivity contribution in [3.63, 3.8) is 0 Å². The molecule has 2 heterocycles. The first-order valence-corrected chi connectivity index (χ1v) is 6.90. The molecule has 0 aromatic carbocycles. The monoisotopic (exact) mass is 224 g/mol. The molecule has 0 amide bonds. The number of aryl methyl sites for hydroxylation is 1. The highest BCUT2D eigenvalue weighted by Gasteiger charge is 2.12. The highest BCUT2D eigenvalue weighted by atomic mass is 32.2. The molecule has 1 aliphatic heterocycles. The minimum absolute atomic E-state index is 0.909. The Morgan fingerprint density at radius 3 is 2.93 bits per heavy atom. The maximum atomic E-state index is 3.57. The van der Waals surface area contributed by atoms with Crippen LogP contribution in [0.5, 0.6) is 0 Å². The van der Waals surface area contributed by atoms with Gasteiger partial charge < -0.3 is 9.88 Å². The van der Waals surface area contributed by atoms with Gasteiger partial charge in [0.15, 0.2) is 0 Å². The van der Waals surface area contributed by atoms with Crippen molar-refractivity contribution in [1.82, 2.24) is 9.88 Å². The van der Waals surface area contributed by atoms with Crippen LogP contribution in [0.3, 0.4) is 0 Å². The molecule has 0 spiro atoms. The molecular formula is C12H20N2S. The van der Waals surface area contributed by atoms with Crippen LogP contribution in [0.25, 0.3) is 0 Å². The maximum Gasteiger partial charge on any atom is 0.0359 e. The van der Waals surface area contributed by atoms with Gasteiger partial charge in [-0.3, -0.25) is 0 Å². The van der Waals surface area contributed by atoms with Gasteiger partial charge in [0.1, 0.15) is 0 Å². The van der Waals surface area contributed by atoms with Crippen LogP contribution in [0.15, 0.2) is 18.3 Å². The number of aromatic nitrogens is 1. The van der Waals surface area contributed by atoms with Gasteiger partial charge in [-0.05, 0) is 48.9 Å². The van der Waals surface area contributed by atoms with E-state index in [2.05, 4.69) is 47.0 Å². The molecule has 2 nitrogen and oxygen atoms in total. The molecule has 0 unspecified atom stereocenters. The molecule has 15 heavy (non-hydrogen) atoms. The van der Waals surface area contributed by atoms with Gasteiger partial charge in [-0.1, -0.05) is 0 Å². The third kappa shape index (κ3) is 3.28. The SMILES string of the molecule is Cn1cccc1CNCC1CCSCC1. The fourth-order valence-electron chi connectivity index (χ4n) is 2.04. The third-order valence-electron chi connectivity index (χ3n) is 3.13. The minimum Gasteiger partial charge on any atom is -0.353 e. The number of hydrogen-bond acceptors (Lipinski definition) is 2. The summed E-state index contributed by atoms with van der Waals surface area (Å²) in [6, 6.07) is 4.29. The molecule has 1 aromatic rings. The average molecular weight is 224 g/mol. The Morgan fingerprint density at radius 2 is 2.27 bits per heavy atom. The van der Waals surface area contributed by atoms with Gasteiger partial charge in [0.2, 0.25) is 0 Å². The van der Waals surface area contributed by atoms with E-state index in [1.807, 2.05) is 0 Å². The summed E-state index contributed by atoms with van der Waals surface area (Å²) in [5.41, 5.74) is 1.38. The van der Waals surface area contributed by atoms with E-state index in [0.717, 1.165) is 12.5 Å². The topological polar surface area (TPSA) is 17.0 Å². The van der Waals surface area contributed by atoms with Gasteiger partial charge in [-0.2, -0.15) is 11.8 Å². The zero-order valence-electron chi connectivity index (χ0n) is 9.41. The lowest BCUT2D eigenvalue weighted by Crippen LogP contribution is -2.25. The summed E-state index contributed by atoms with van der Waals surface area (Å²) < 4.78 is 2.18. The molecule has 1 fully saturated rings. The highest BCUT2D eigenvalue weighted by molar-refractivity contribution is 7.99. The standard InChI is InChI=1S/C12H20N2S/c1-14-6-2-3-12(14)10-13-9-11-4-7-15-8-5-11/h2-3,6,11,13H,4-5,7-10H2,1H3. The molecule has 1 N–H and O–H groups in total. The number of hydrogen-bond donors (Lipinski definition) is 1. The molecule has 0 aliphatic carbocycles. The predicted octanol–water partition coefficient (Wildman–Crippen LogP) is 2.26.